The number of methoxy groups -OCH3 is 1. The first kappa shape index (κ1) is 16.1. The molecule has 1 aromatic rings. The molecule has 1 aromatic heterocycles. The molecule has 0 saturated carbocycles. The maximum Gasteiger partial charge on any atom is 0.259 e. The number of rotatable bonds is 2. The van der Waals surface area contributed by atoms with E-state index in [1.165, 1.54) is 13.2 Å². The average Bonchev–Trinajstić information content (AvgIpc) is 2.81. The fourth-order valence-electron chi connectivity index (χ4n) is 3.47. The van der Waals surface area contributed by atoms with Crippen molar-refractivity contribution < 1.29 is 9.53 Å². The van der Waals surface area contributed by atoms with Crippen molar-refractivity contribution in [2.24, 2.45) is 0 Å². The number of hydrogen-bond acceptors (Lipinski definition) is 4. The molecule has 0 N–H and O–H groups in total. The molecule has 2 aliphatic heterocycles. The molecule has 1 fully saturated rings. The van der Waals surface area contributed by atoms with Crippen LogP contribution in [0.2, 0.25) is 0 Å². The lowest BCUT2D eigenvalue weighted by Gasteiger charge is -2.33. The van der Waals surface area contributed by atoms with Crippen molar-refractivity contribution >= 4 is 5.91 Å². The standard InChI is InChI=1S/C17H25N3O3/c1-18-8-10-19(11-9-18)17(22)16-13-6-4-3-5-7-20(13)15(21)12-14(16)23-2/h12H,3-11H2,1-2H3. The minimum Gasteiger partial charge on any atom is -0.496 e. The number of hydrogen-bond donors (Lipinski definition) is 0. The van der Waals surface area contributed by atoms with Gasteiger partial charge in [-0.2, -0.15) is 0 Å². The van der Waals surface area contributed by atoms with Crippen molar-refractivity contribution in [2.45, 2.75) is 32.2 Å². The van der Waals surface area contributed by atoms with E-state index < -0.39 is 0 Å². The molecule has 0 unspecified atom stereocenters. The monoisotopic (exact) mass is 319 g/mol. The molecule has 23 heavy (non-hydrogen) atoms. The van der Waals surface area contributed by atoms with E-state index in [-0.39, 0.29) is 11.5 Å². The first-order valence-electron chi connectivity index (χ1n) is 8.40. The Morgan fingerprint density at radius 1 is 1.09 bits per heavy atom. The van der Waals surface area contributed by atoms with E-state index in [9.17, 15) is 9.59 Å². The minimum absolute atomic E-state index is 0.000556. The second-order valence-electron chi connectivity index (χ2n) is 6.43. The maximum absolute atomic E-state index is 13.1. The van der Waals surface area contributed by atoms with E-state index in [1.54, 1.807) is 4.57 Å². The predicted molar refractivity (Wildman–Crippen MR) is 88.2 cm³/mol. The smallest absolute Gasteiger partial charge is 0.259 e. The number of amides is 1. The molecule has 126 valence electrons. The summed E-state index contributed by atoms with van der Waals surface area (Å²) in [6, 6.07) is 1.47. The Labute approximate surface area is 136 Å². The maximum atomic E-state index is 13.1. The van der Waals surface area contributed by atoms with Crippen molar-refractivity contribution in [3.63, 3.8) is 0 Å². The van der Waals surface area contributed by atoms with Gasteiger partial charge in [0.1, 0.15) is 11.3 Å². The summed E-state index contributed by atoms with van der Waals surface area (Å²) in [5.41, 5.74) is 1.39. The molecular weight excluding hydrogens is 294 g/mol. The highest BCUT2D eigenvalue weighted by Crippen LogP contribution is 2.26. The molecule has 1 saturated heterocycles. The Hall–Kier alpha value is -1.82. The molecule has 0 bridgehead atoms. The number of piperazine rings is 1. The number of ether oxygens (including phenoxy) is 1. The van der Waals surface area contributed by atoms with Crippen molar-refractivity contribution in [1.29, 1.82) is 0 Å². The highest BCUT2D eigenvalue weighted by molar-refractivity contribution is 5.98. The summed E-state index contributed by atoms with van der Waals surface area (Å²) < 4.78 is 7.17. The van der Waals surface area contributed by atoms with E-state index in [0.717, 1.165) is 57.6 Å². The largest absolute Gasteiger partial charge is 0.496 e. The molecule has 6 heteroatoms. The van der Waals surface area contributed by atoms with Gasteiger partial charge >= 0.3 is 0 Å². The summed E-state index contributed by atoms with van der Waals surface area (Å²) in [4.78, 5) is 29.5. The fourth-order valence-corrected chi connectivity index (χ4v) is 3.47. The molecule has 0 aromatic carbocycles. The van der Waals surface area contributed by atoms with Gasteiger partial charge < -0.3 is 19.1 Å². The molecule has 3 rings (SSSR count). The zero-order valence-corrected chi connectivity index (χ0v) is 14.0. The van der Waals surface area contributed by atoms with Crippen molar-refractivity contribution in [3.05, 3.63) is 27.7 Å². The topological polar surface area (TPSA) is 54.8 Å². The van der Waals surface area contributed by atoms with Gasteiger partial charge in [0.05, 0.1) is 7.11 Å². The number of carbonyl (C=O) groups excluding carboxylic acids is 1. The van der Waals surface area contributed by atoms with E-state index in [2.05, 4.69) is 11.9 Å². The molecule has 1 amide bonds. The molecular formula is C17H25N3O3. The fraction of sp³-hybridized carbons (Fsp3) is 0.647. The van der Waals surface area contributed by atoms with Crippen molar-refractivity contribution in [3.8, 4) is 5.75 Å². The quantitative estimate of drug-likeness (QED) is 0.815. The summed E-state index contributed by atoms with van der Waals surface area (Å²) in [6.45, 7) is 3.89. The molecule has 6 nitrogen and oxygen atoms in total. The van der Waals surface area contributed by atoms with Crippen LogP contribution >= 0.6 is 0 Å². The summed E-state index contributed by atoms with van der Waals surface area (Å²) in [5.74, 6) is 0.424. The zero-order chi connectivity index (χ0) is 16.4. The SMILES string of the molecule is COc1cc(=O)n2c(c1C(=O)N1CCN(C)CC1)CCCCC2. The van der Waals surface area contributed by atoms with Gasteiger partial charge in [-0.05, 0) is 26.3 Å². The third kappa shape index (κ3) is 3.13. The molecule has 0 radical (unpaired) electrons. The third-order valence-electron chi connectivity index (χ3n) is 4.90. The summed E-state index contributed by atoms with van der Waals surface area (Å²) in [5, 5.41) is 0. The highest BCUT2D eigenvalue weighted by Gasteiger charge is 2.28. The van der Waals surface area contributed by atoms with E-state index in [0.29, 0.717) is 17.9 Å². The van der Waals surface area contributed by atoms with E-state index in [4.69, 9.17) is 4.74 Å². The highest BCUT2D eigenvalue weighted by atomic mass is 16.5. The predicted octanol–water partition coefficient (Wildman–Crippen LogP) is 0.971. The second kappa shape index (κ2) is 6.74. The van der Waals surface area contributed by atoms with Crippen LogP contribution in [0.1, 0.15) is 35.3 Å². The first-order chi connectivity index (χ1) is 11.1. The van der Waals surface area contributed by atoms with Crippen LogP contribution in [-0.4, -0.2) is 60.6 Å². The van der Waals surface area contributed by atoms with Gasteiger partial charge in [0.15, 0.2) is 0 Å². The Morgan fingerprint density at radius 3 is 2.52 bits per heavy atom. The molecule has 3 heterocycles. The lowest BCUT2D eigenvalue weighted by molar-refractivity contribution is 0.0658. The normalized spacial score (nSPS) is 19.1. The first-order valence-corrected chi connectivity index (χ1v) is 8.40. The molecule has 2 aliphatic rings. The Balaban J connectivity index is 2.03. The molecule has 0 spiro atoms. The van der Waals surface area contributed by atoms with Crippen molar-refractivity contribution in [1.82, 2.24) is 14.4 Å². The van der Waals surface area contributed by atoms with Crippen LogP contribution in [0.15, 0.2) is 10.9 Å². The zero-order valence-electron chi connectivity index (χ0n) is 14.0. The van der Waals surface area contributed by atoms with Gasteiger partial charge in [-0.15, -0.1) is 0 Å². The molecule has 0 aliphatic carbocycles. The van der Waals surface area contributed by atoms with E-state index >= 15 is 0 Å². The van der Waals surface area contributed by atoms with Gasteiger partial charge in [0, 0.05) is 44.5 Å². The lowest BCUT2D eigenvalue weighted by atomic mass is 10.1. The van der Waals surface area contributed by atoms with Crippen LogP contribution in [-0.2, 0) is 13.0 Å². The number of nitrogens with zero attached hydrogens (tertiary/aromatic N) is 3. The van der Waals surface area contributed by atoms with Crippen LogP contribution in [0.3, 0.4) is 0 Å². The minimum atomic E-state index is -0.0614. The van der Waals surface area contributed by atoms with Crippen LogP contribution in [0, 0.1) is 0 Å². The van der Waals surface area contributed by atoms with E-state index in [1.807, 2.05) is 4.90 Å². The summed E-state index contributed by atoms with van der Waals surface area (Å²) >= 11 is 0. The van der Waals surface area contributed by atoms with Gasteiger partial charge in [0.25, 0.3) is 11.5 Å². The average molecular weight is 319 g/mol. The number of aromatic nitrogens is 1. The Bertz CT molecular complexity index is 645. The third-order valence-corrected chi connectivity index (χ3v) is 4.90. The van der Waals surface area contributed by atoms with Gasteiger partial charge in [-0.1, -0.05) is 6.42 Å². The summed E-state index contributed by atoms with van der Waals surface area (Å²) in [6.07, 6.45) is 3.85. The van der Waals surface area contributed by atoms with Crippen LogP contribution in [0.4, 0.5) is 0 Å². The Morgan fingerprint density at radius 2 is 1.83 bits per heavy atom. The van der Waals surface area contributed by atoms with Crippen LogP contribution in [0.5, 0.6) is 5.75 Å². The summed E-state index contributed by atoms with van der Waals surface area (Å²) in [7, 11) is 3.60. The van der Waals surface area contributed by atoms with Crippen LogP contribution in [0.25, 0.3) is 0 Å². The second-order valence-corrected chi connectivity index (χ2v) is 6.43. The molecule has 0 atom stereocenters. The van der Waals surface area contributed by atoms with Gasteiger partial charge in [-0.25, -0.2) is 0 Å². The van der Waals surface area contributed by atoms with Crippen LogP contribution < -0.4 is 10.3 Å². The van der Waals surface area contributed by atoms with Crippen molar-refractivity contribution in [2.75, 3.05) is 40.3 Å². The number of carbonyl (C=O) groups is 1. The Kier molecular flexibility index (Phi) is 4.71. The number of pyridine rings is 1. The van der Waals surface area contributed by atoms with Gasteiger partial charge in [-0.3, -0.25) is 9.59 Å². The number of fused-ring (bicyclic) bond motifs is 1. The lowest BCUT2D eigenvalue weighted by Crippen LogP contribution is -2.47. The number of likely N-dealkylation sites (N-methyl/N-ethyl adjacent to an activating group) is 1. The van der Waals surface area contributed by atoms with Gasteiger partial charge in [0.2, 0.25) is 0 Å².